The highest BCUT2D eigenvalue weighted by Gasteiger charge is 2.33. The van der Waals surface area contributed by atoms with Crippen LogP contribution in [0.2, 0.25) is 0 Å². The van der Waals surface area contributed by atoms with Crippen LogP contribution in [0.25, 0.3) is 0 Å². The van der Waals surface area contributed by atoms with Gasteiger partial charge >= 0.3 is 0 Å². The Morgan fingerprint density at radius 1 is 1.50 bits per heavy atom. The lowest BCUT2D eigenvalue weighted by atomic mass is 9.92. The number of nitriles is 1. The molecule has 94 valence electrons. The van der Waals surface area contributed by atoms with Crippen LogP contribution in [0.1, 0.15) is 43.0 Å². The molecule has 0 aliphatic carbocycles. The fourth-order valence-corrected chi connectivity index (χ4v) is 2.33. The summed E-state index contributed by atoms with van der Waals surface area (Å²) in [6.07, 6.45) is 2.78. The number of hydrogen-bond donors (Lipinski definition) is 0. The summed E-state index contributed by atoms with van der Waals surface area (Å²) in [5.74, 6) is 0.0859. The predicted molar refractivity (Wildman–Crippen MR) is 68.1 cm³/mol. The molecule has 3 heteroatoms. The molecule has 1 aromatic rings. The van der Waals surface area contributed by atoms with Crippen molar-refractivity contribution in [2.24, 2.45) is 0 Å². The zero-order chi connectivity index (χ0) is 13.0. The number of rotatable bonds is 3. The van der Waals surface area contributed by atoms with E-state index in [2.05, 4.69) is 6.07 Å². The van der Waals surface area contributed by atoms with E-state index in [-0.39, 0.29) is 11.9 Å². The lowest BCUT2D eigenvalue weighted by Gasteiger charge is -2.33. The Morgan fingerprint density at radius 2 is 2.22 bits per heavy atom. The Hall–Kier alpha value is -1.66. The van der Waals surface area contributed by atoms with Crippen LogP contribution in [-0.2, 0) is 4.74 Å². The number of carbonyl (C=O) groups is 1. The minimum atomic E-state index is -0.722. The third kappa shape index (κ3) is 2.96. The second kappa shape index (κ2) is 5.32. The Kier molecular flexibility index (Phi) is 3.78. The topological polar surface area (TPSA) is 50.1 Å². The minimum Gasteiger partial charge on any atom is -0.357 e. The van der Waals surface area contributed by atoms with Crippen LogP contribution in [0, 0.1) is 11.3 Å². The van der Waals surface area contributed by atoms with E-state index in [0.29, 0.717) is 12.0 Å². The average molecular weight is 243 g/mol. The average Bonchev–Trinajstić information content (AvgIpc) is 2.40. The standard InChI is InChI=1S/C15H17NO2/c1-15(11-16)9-5-8-13(18-15)10-14(17)12-6-3-2-4-7-12/h2-4,6-7,13H,5,8-10H2,1H3/t13-,15-/m0/s1. The minimum absolute atomic E-state index is 0.0859. The highest BCUT2D eigenvalue weighted by molar-refractivity contribution is 5.96. The van der Waals surface area contributed by atoms with Crippen LogP contribution < -0.4 is 0 Å². The quantitative estimate of drug-likeness (QED) is 0.766. The number of ketones is 1. The van der Waals surface area contributed by atoms with Crippen LogP contribution in [0.15, 0.2) is 30.3 Å². The van der Waals surface area contributed by atoms with Gasteiger partial charge in [-0.1, -0.05) is 30.3 Å². The van der Waals surface area contributed by atoms with Gasteiger partial charge in [-0.3, -0.25) is 4.79 Å². The molecule has 2 rings (SSSR count). The first-order valence-electron chi connectivity index (χ1n) is 6.30. The normalized spacial score (nSPS) is 27.4. The number of nitrogens with zero attached hydrogens (tertiary/aromatic N) is 1. The summed E-state index contributed by atoms with van der Waals surface area (Å²) in [6, 6.07) is 11.4. The van der Waals surface area contributed by atoms with Gasteiger partial charge in [0.25, 0.3) is 0 Å². The summed E-state index contributed by atoms with van der Waals surface area (Å²) in [6.45, 7) is 1.80. The molecular weight excluding hydrogens is 226 g/mol. The first-order chi connectivity index (χ1) is 8.63. The molecule has 0 amide bonds. The van der Waals surface area contributed by atoms with E-state index in [4.69, 9.17) is 10.00 Å². The van der Waals surface area contributed by atoms with E-state index in [1.54, 1.807) is 6.92 Å². The Morgan fingerprint density at radius 3 is 2.89 bits per heavy atom. The van der Waals surface area contributed by atoms with Gasteiger partial charge in [-0.05, 0) is 26.2 Å². The molecule has 0 radical (unpaired) electrons. The van der Waals surface area contributed by atoms with Gasteiger partial charge in [-0.2, -0.15) is 5.26 Å². The molecule has 1 heterocycles. The van der Waals surface area contributed by atoms with E-state index in [1.807, 2.05) is 30.3 Å². The van der Waals surface area contributed by atoms with E-state index in [1.165, 1.54) is 0 Å². The predicted octanol–water partition coefficient (Wildman–Crippen LogP) is 3.11. The molecule has 0 unspecified atom stereocenters. The molecule has 3 nitrogen and oxygen atoms in total. The number of carbonyl (C=O) groups excluding carboxylic acids is 1. The summed E-state index contributed by atoms with van der Waals surface area (Å²) in [5, 5.41) is 9.06. The van der Waals surface area contributed by atoms with Gasteiger partial charge in [0.1, 0.15) is 0 Å². The largest absolute Gasteiger partial charge is 0.357 e. The second-order valence-corrected chi connectivity index (χ2v) is 4.97. The van der Waals surface area contributed by atoms with Crippen LogP contribution in [0.4, 0.5) is 0 Å². The highest BCUT2D eigenvalue weighted by Crippen LogP contribution is 2.29. The summed E-state index contributed by atoms with van der Waals surface area (Å²) in [5.41, 5.74) is -0.00906. The van der Waals surface area contributed by atoms with Gasteiger partial charge < -0.3 is 4.74 Å². The molecule has 0 N–H and O–H groups in total. The lowest BCUT2D eigenvalue weighted by molar-refractivity contribution is -0.0822. The Balaban J connectivity index is 1.98. The third-order valence-corrected chi connectivity index (χ3v) is 3.35. The summed E-state index contributed by atoms with van der Waals surface area (Å²) in [7, 11) is 0. The van der Waals surface area contributed by atoms with Crippen molar-refractivity contribution >= 4 is 5.78 Å². The molecule has 18 heavy (non-hydrogen) atoms. The van der Waals surface area contributed by atoms with Crippen LogP contribution >= 0.6 is 0 Å². The van der Waals surface area contributed by atoms with E-state index < -0.39 is 5.60 Å². The van der Waals surface area contributed by atoms with Crippen molar-refractivity contribution < 1.29 is 9.53 Å². The molecule has 2 atom stereocenters. The molecule has 0 spiro atoms. The second-order valence-electron chi connectivity index (χ2n) is 4.97. The summed E-state index contributed by atoms with van der Waals surface area (Å²) in [4.78, 5) is 12.0. The zero-order valence-electron chi connectivity index (χ0n) is 10.6. The summed E-state index contributed by atoms with van der Waals surface area (Å²) < 4.78 is 5.73. The fraction of sp³-hybridized carbons (Fsp3) is 0.467. The number of benzene rings is 1. The van der Waals surface area contributed by atoms with E-state index >= 15 is 0 Å². The number of Topliss-reactive ketones (excluding diaryl/α,β-unsaturated/α-hetero) is 1. The maximum absolute atomic E-state index is 12.0. The highest BCUT2D eigenvalue weighted by atomic mass is 16.5. The van der Waals surface area contributed by atoms with Crippen molar-refractivity contribution in [2.45, 2.75) is 44.3 Å². The molecular formula is C15H17NO2. The summed E-state index contributed by atoms with van der Waals surface area (Å²) >= 11 is 0. The number of ether oxygens (including phenoxy) is 1. The first-order valence-corrected chi connectivity index (χ1v) is 6.30. The Bertz CT molecular complexity index is 463. The third-order valence-electron chi connectivity index (χ3n) is 3.35. The monoisotopic (exact) mass is 243 g/mol. The van der Waals surface area contributed by atoms with Gasteiger partial charge in [0, 0.05) is 12.0 Å². The van der Waals surface area contributed by atoms with Gasteiger partial charge in [0.2, 0.25) is 0 Å². The van der Waals surface area contributed by atoms with E-state index in [9.17, 15) is 4.79 Å². The van der Waals surface area contributed by atoms with Crippen molar-refractivity contribution in [2.75, 3.05) is 0 Å². The van der Waals surface area contributed by atoms with Crippen molar-refractivity contribution in [3.8, 4) is 6.07 Å². The van der Waals surface area contributed by atoms with E-state index in [0.717, 1.165) is 19.3 Å². The molecule has 1 saturated heterocycles. The zero-order valence-corrected chi connectivity index (χ0v) is 10.6. The fourth-order valence-electron chi connectivity index (χ4n) is 2.33. The molecule has 1 aromatic carbocycles. The van der Waals surface area contributed by atoms with Crippen LogP contribution in [-0.4, -0.2) is 17.5 Å². The lowest BCUT2D eigenvalue weighted by Crippen LogP contribution is -2.37. The van der Waals surface area contributed by atoms with Gasteiger partial charge in [0.15, 0.2) is 11.4 Å². The van der Waals surface area contributed by atoms with Crippen molar-refractivity contribution in [1.82, 2.24) is 0 Å². The molecule has 0 bridgehead atoms. The van der Waals surface area contributed by atoms with Crippen LogP contribution in [0.3, 0.4) is 0 Å². The maximum atomic E-state index is 12.0. The van der Waals surface area contributed by atoms with Crippen molar-refractivity contribution in [1.29, 1.82) is 5.26 Å². The first kappa shape index (κ1) is 12.8. The number of hydrogen-bond acceptors (Lipinski definition) is 3. The molecule has 0 aromatic heterocycles. The molecule has 0 saturated carbocycles. The van der Waals surface area contributed by atoms with Gasteiger partial charge in [-0.15, -0.1) is 0 Å². The SMILES string of the molecule is C[C@@]1(C#N)CCC[C@@H](CC(=O)c2ccccc2)O1. The van der Waals surface area contributed by atoms with Crippen LogP contribution in [0.5, 0.6) is 0 Å². The molecule has 1 aliphatic heterocycles. The van der Waals surface area contributed by atoms with Gasteiger partial charge in [-0.25, -0.2) is 0 Å². The van der Waals surface area contributed by atoms with Crippen molar-refractivity contribution in [3.05, 3.63) is 35.9 Å². The smallest absolute Gasteiger partial charge is 0.165 e. The molecule has 1 fully saturated rings. The Labute approximate surface area is 107 Å². The van der Waals surface area contributed by atoms with Crippen molar-refractivity contribution in [3.63, 3.8) is 0 Å². The molecule has 1 aliphatic rings. The van der Waals surface area contributed by atoms with Gasteiger partial charge in [0.05, 0.1) is 12.2 Å². The maximum Gasteiger partial charge on any atom is 0.165 e.